The average molecular weight is 326 g/mol. The van der Waals surface area contributed by atoms with Crippen LogP contribution >= 0.6 is 0 Å². The van der Waals surface area contributed by atoms with E-state index in [4.69, 9.17) is 0 Å². The molecule has 4 nitrogen and oxygen atoms in total. The van der Waals surface area contributed by atoms with Crippen LogP contribution in [0, 0.1) is 12.7 Å². The molecular weight excluding hydrogens is 307 g/mol. The van der Waals surface area contributed by atoms with Gasteiger partial charge in [-0.2, -0.15) is 0 Å². The Hall–Kier alpha value is -2.69. The largest absolute Gasteiger partial charge is 0.340 e. The van der Waals surface area contributed by atoms with Crippen molar-refractivity contribution in [2.75, 3.05) is 7.05 Å². The van der Waals surface area contributed by atoms with Gasteiger partial charge in [0.25, 0.3) is 0 Å². The Labute approximate surface area is 140 Å². The summed E-state index contributed by atoms with van der Waals surface area (Å²) >= 11 is 0. The number of nitrogens with one attached hydrogen (secondary N) is 1. The zero-order valence-corrected chi connectivity index (χ0v) is 13.7. The molecule has 1 N–H and O–H groups in total. The lowest BCUT2D eigenvalue weighted by Gasteiger charge is -2.32. The summed E-state index contributed by atoms with van der Waals surface area (Å²) in [6.07, 6.45) is -0.0941. The summed E-state index contributed by atoms with van der Waals surface area (Å²) in [4.78, 5) is 26.4. The number of halogens is 1. The van der Waals surface area contributed by atoms with Gasteiger partial charge in [-0.1, -0.05) is 42.0 Å². The second-order valence-electron chi connectivity index (χ2n) is 6.17. The normalized spacial score (nSPS) is 16.7. The predicted molar refractivity (Wildman–Crippen MR) is 88.6 cm³/mol. The third-order valence-electron chi connectivity index (χ3n) is 4.25. The van der Waals surface area contributed by atoms with Gasteiger partial charge in [0.15, 0.2) is 0 Å². The van der Waals surface area contributed by atoms with Gasteiger partial charge in [0.2, 0.25) is 11.8 Å². The minimum absolute atomic E-state index is 0.0941. The van der Waals surface area contributed by atoms with Crippen LogP contribution in [0.4, 0.5) is 4.39 Å². The molecule has 1 aliphatic heterocycles. The minimum atomic E-state index is -0.722. The number of rotatable bonds is 3. The maximum atomic E-state index is 13.8. The Kier molecular flexibility index (Phi) is 4.34. The van der Waals surface area contributed by atoms with Crippen molar-refractivity contribution in [2.24, 2.45) is 0 Å². The van der Waals surface area contributed by atoms with Crippen LogP contribution in [0.3, 0.4) is 0 Å². The monoisotopic (exact) mass is 326 g/mol. The summed E-state index contributed by atoms with van der Waals surface area (Å²) in [5.74, 6) is -0.946. The van der Waals surface area contributed by atoms with Crippen LogP contribution < -0.4 is 5.32 Å². The minimum Gasteiger partial charge on any atom is -0.340 e. The smallest absolute Gasteiger partial charge is 0.249 e. The Morgan fingerprint density at radius 1 is 1.29 bits per heavy atom. The molecule has 1 aliphatic rings. The SMILES string of the molecule is Cc1ccc(F)c(CC(=O)NC2C(=O)N(C)Cc3ccccc32)c1. The second-order valence-corrected chi connectivity index (χ2v) is 6.17. The first-order valence-corrected chi connectivity index (χ1v) is 7.83. The quantitative estimate of drug-likeness (QED) is 0.942. The Bertz CT molecular complexity index is 804. The van der Waals surface area contributed by atoms with Crippen LogP contribution in [0.5, 0.6) is 0 Å². The summed E-state index contributed by atoms with van der Waals surface area (Å²) in [5, 5.41) is 2.75. The van der Waals surface area contributed by atoms with E-state index >= 15 is 0 Å². The molecular formula is C19H19FN2O2. The van der Waals surface area contributed by atoms with Crippen molar-refractivity contribution in [1.29, 1.82) is 0 Å². The Morgan fingerprint density at radius 3 is 2.83 bits per heavy atom. The maximum absolute atomic E-state index is 13.8. The van der Waals surface area contributed by atoms with E-state index < -0.39 is 11.9 Å². The lowest BCUT2D eigenvalue weighted by atomic mass is 9.94. The van der Waals surface area contributed by atoms with Crippen LogP contribution in [-0.2, 0) is 22.6 Å². The molecule has 0 fully saturated rings. The summed E-state index contributed by atoms with van der Waals surface area (Å²) in [6, 6.07) is 11.5. The molecule has 124 valence electrons. The highest BCUT2D eigenvalue weighted by atomic mass is 19.1. The molecule has 2 amide bonds. The number of carbonyl (C=O) groups is 2. The van der Waals surface area contributed by atoms with E-state index in [-0.39, 0.29) is 18.2 Å². The summed E-state index contributed by atoms with van der Waals surface area (Å²) in [5.41, 5.74) is 3.03. The average Bonchev–Trinajstić information content (AvgIpc) is 2.55. The first-order chi connectivity index (χ1) is 11.5. The summed E-state index contributed by atoms with van der Waals surface area (Å²) in [6.45, 7) is 2.37. The molecule has 0 spiro atoms. The van der Waals surface area contributed by atoms with Crippen LogP contribution in [0.15, 0.2) is 42.5 Å². The standard InChI is InChI=1S/C19H19FN2O2/c1-12-7-8-16(20)14(9-12)10-17(23)21-18-15-6-4-3-5-13(15)11-22(2)19(18)24/h3-9,18H,10-11H2,1-2H3,(H,21,23). The van der Waals surface area contributed by atoms with Crippen molar-refractivity contribution in [1.82, 2.24) is 10.2 Å². The first kappa shape index (κ1) is 16.2. The molecule has 24 heavy (non-hydrogen) atoms. The van der Waals surface area contributed by atoms with E-state index in [1.807, 2.05) is 31.2 Å². The fourth-order valence-electron chi connectivity index (χ4n) is 3.01. The fraction of sp³-hybridized carbons (Fsp3) is 0.263. The molecule has 1 atom stereocenters. The number of hydrogen-bond donors (Lipinski definition) is 1. The number of fused-ring (bicyclic) bond motifs is 1. The zero-order chi connectivity index (χ0) is 17.3. The highest BCUT2D eigenvalue weighted by Crippen LogP contribution is 2.26. The lowest BCUT2D eigenvalue weighted by Crippen LogP contribution is -2.45. The van der Waals surface area contributed by atoms with Crippen molar-refractivity contribution in [3.63, 3.8) is 0 Å². The van der Waals surface area contributed by atoms with Gasteiger partial charge in [0.1, 0.15) is 11.9 Å². The van der Waals surface area contributed by atoms with Gasteiger partial charge in [-0.25, -0.2) is 4.39 Å². The van der Waals surface area contributed by atoms with E-state index in [9.17, 15) is 14.0 Å². The molecule has 0 aliphatic carbocycles. The fourth-order valence-corrected chi connectivity index (χ4v) is 3.01. The Morgan fingerprint density at radius 2 is 2.04 bits per heavy atom. The predicted octanol–water partition coefficient (Wildman–Crippen LogP) is 2.51. The zero-order valence-electron chi connectivity index (χ0n) is 13.7. The molecule has 1 heterocycles. The third-order valence-corrected chi connectivity index (χ3v) is 4.25. The highest BCUT2D eigenvalue weighted by Gasteiger charge is 2.32. The van der Waals surface area contributed by atoms with Crippen molar-refractivity contribution in [3.05, 3.63) is 70.5 Å². The van der Waals surface area contributed by atoms with E-state index in [1.54, 1.807) is 24.1 Å². The number of benzene rings is 2. The molecule has 2 aromatic carbocycles. The van der Waals surface area contributed by atoms with E-state index in [2.05, 4.69) is 5.32 Å². The third kappa shape index (κ3) is 3.15. The first-order valence-electron chi connectivity index (χ1n) is 7.83. The lowest BCUT2D eigenvalue weighted by molar-refractivity contribution is -0.136. The number of aryl methyl sites for hydroxylation is 1. The molecule has 0 aromatic heterocycles. The van der Waals surface area contributed by atoms with Crippen molar-refractivity contribution < 1.29 is 14.0 Å². The van der Waals surface area contributed by atoms with Gasteiger partial charge in [0, 0.05) is 13.6 Å². The van der Waals surface area contributed by atoms with Gasteiger partial charge < -0.3 is 10.2 Å². The van der Waals surface area contributed by atoms with Crippen LogP contribution in [0.2, 0.25) is 0 Å². The molecule has 1 unspecified atom stereocenters. The number of carbonyl (C=O) groups excluding carboxylic acids is 2. The van der Waals surface area contributed by atoms with Gasteiger partial charge >= 0.3 is 0 Å². The second kappa shape index (κ2) is 6.43. The van der Waals surface area contributed by atoms with Crippen molar-refractivity contribution >= 4 is 11.8 Å². The molecule has 0 radical (unpaired) electrons. The van der Waals surface area contributed by atoms with E-state index in [0.717, 1.165) is 16.7 Å². The number of likely N-dealkylation sites (N-methyl/N-ethyl adjacent to an activating group) is 1. The molecule has 5 heteroatoms. The molecule has 0 bridgehead atoms. The summed E-state index contributed by atoms with van der Waals surface area (Å²) in [7, 11) is 1.71. The van der Waals surface area contributed by atoms with Gasteiger partial charge in [-0.3, -0.25) is 9.59 Å². The van der Waals surface area contributed by atoms with Gasteiger partial charge in [-0.05, 0) is 29.7 Å². The van der Waals surface area contributed by atoms with Crippen LogP contribution in [0.1, 0.15) is 28.3 Å². The molecule has 0 saturated carbocycles. The van der Waals surface area contributed by atoms with Crippen molar-refractivity contribution in [2.45, 2.75) is 25.9 Å². The van der Waals surface area contributed by atoms with Gasteiger partial charge in [0.05, 0.1) is 6.42 Å². The summed E-state index contributed by atoms with van der Waals surface area (Å²) < 4.78 is 13.8. The van der Waals surface area contributed by atoms with Crippen molar-refractivity contribution in [3.8, 4) is 0 Å². The molecule has 0 saturated heterocycles. The number of hydrogen-bond acceptors (Lipinski definition) is 2. The van der Waals surface area contributed by atoms with Gasteiger partial charge in [-0.15, -0.1) is 0 Å². The Balaban J connectivity index is 1.81. The molecule has 3 rings (SSSR count). The molecule has 2 aromatic rings. The van der Waals surface area contributed by atoms with E-state index in [0.29, 0.717) is 12.1 Å². The van der Waals surface area contributed by atoms with E-state index in [1.165, 1.54) is 6.07 Å². The van der Waals surface area contributed by atoms with Crippen LogP contribution in [0.25, 0.3) is 0 Å². The van der Waals surface area contributed by atoms with Crippen LogP contribution in [-0.4, -0.2) is 23.8 Å². The number of nitrogens with zero attached hydrogens (tertiary/aromatic N) is 1. The number of amides is 2. The highest BCUT2D eigenvalue weighted by molar-refractivity contribution is 5.90. The topological polar surface area (TPSA) is 49.4 Å². The maximum Gasteiger partial charge on any atom is 0.249 e.